The van der Waals surface area contributed by atoms with Crippen LogP contribution in [-0.2, 0) is 0 Å². The van der Waals surface area contributed by atoms with Crippen molar-refractivity contribution >= 4 is 23.4 Å². The Hall–Kier alpha value is -0.140. The summed E-state index contributed by atoms with van der Waals surface area (Å²) in [6.45, 7) is 4.53. The van der Waals surface area contributed by atoms with Crippen molar-refractivity contribution < 1.29 is 0 Å². The topological polar surface area (TPSA) is 0 Å². The summed E-state index contributed by atoms with van der Waals surface area (Å²) in [6, 6.07) is 8.05. The van der Waals surface area contributed by atoms with Crippen LogP contribution in [0.25, 0.3) is 0 Å². The van der Waals surface area contributed by atoms with Gasteiger partial charge in [-0.3, -0.25) is 0 Å². The van der Waals surface area contributed by atoms with Crippen LogP contribution in [0.4, 0.5) is 0 Å². The molecule has 0 spiro atoms. The lowest BCUT2D eigenvalue weighted by atomic mass is 10.1. The summed E-state index contributed by atoms with van der Waals surface area (Å²) in [4.78, 5) is 1.21. The Labute approximate surface area is 96.0 Å². The molecule has 0 fully saturated rings. The average Bonchev–Trinajstić information content (AvgIpc) is 2.15. The van der Waals surface area contributed by atoms with Crippen LogP contribution < -0.4 is 0 Å². The van der Waals surface area contributed by atoms with E-state index in [9.17, 15) is 0 Å². The molecular formula is C12H17ClS. The van der Waals surface area contributed by atoms with E-state index in [1.54, 1.807) is 0 Å². The zero-order valence-electron chi connectivity index (χ0n) is 8.79. The van der Waals surface area contributed by atoms with Crippen molar-refractivity contribution in [2.75, 3.05) is 5.75 Å². The molecule has 1 rings (SSSR count). The fraction of sp³-hybridized carbons (Fsp3) is 0.500. The molecule has 0 radical (unpaired) electrons. The molecule has 0 N–H and O–H groups in total. The Morgan fingerprint density at radius 1 is 1.29 bits per heavy atom. The van der Waals surface area contributed by atoms with Crippen molar-refractivity contribution in [1.29, 1.82) is 0 Å². The van der Waals surface area contributed by atoms with Gasteiger partial charge in [-0.15, -0.1) is 11.8 Å². The average molecular weight is 229 g/mol. The SMILES string of the molecule is CC(C)CCCSc1ccccc1Cl. The van der Waals surface area contributed by atoms with Crippen LogP contribution in [0.1, 0.15) is 26.7 Å². The normalized spacial score (nSPS) is 10.9. The molecule has 78 valence electrons. The summed E-state index contributed by atoms with van der Waals surface area (Å²) < 4.78 is 0. The van der Waals surface area contributed by atoms with Gasteiger partial charge < -0.3 is 0 Å². The first-order chi connectivity index (χ1) is 6.70. The fourth-order valence-corrected chi connectivity index (χ4v) is 2.45. The summed E-state index contributed by atoms with van der Waals surface area (Å²) in [6.07, 6.45) is 2.57. The molecule has 0 atom stereocenters. The first-order valence-corrected chi connectivity index (χ1v) is 6.44. The van der Waals surface area contributed by atoms with E-state index in [-0.39, 0.29) is 0 Å². The second-order valence-corrected chi connectivity index (χ2v) is 5.36. The molecule has 0 nitrogen and oxygen atoms in total. The minimum absolute atomic E-state index is 0.807. The standard InChI is InChI=1S/C12H17ClS/c1-10(2)6-5-9-14-12-8-4-3-7-11(12)13/h3-4,7-8,10H,5-6,9H2,1-2H3. The van der Waals surface area contributed by atoms with Gasteiger partial charge in [0, 0.05) is 4.90 Å². The summed E-state index contributed by atoms with van der Waals surface area (Å²) in [5, 5.41) is 0.877. The van der Waals surface area contributed by atoms with Crippen LogP contribution in [0.3, 0.4) is 0 Å². The van der Waals surface area contributed by atoms with E-state index in [4.69, 9.17) is 11.6 Å². The van der Waals surface area contributed by atoms with Crippen LogP contribution >= 0.6 is 23.4 Å². The van der Waals surface area contributed by atoms with E-state index in [2.05, 4.69) is 19.9 Å². The van der Waals surface area contributed by atoms with E-state index in [0.29, 0.717) is 0 Å². The van der Waals surface area contributed by atoms with E-state index in [1.165, 1.54) is 23.5 Å². The number of hydrogen-bond acceptors (Lipinski definition) is 1. The lowest BCUT2D eigenvalue weighted by Gasteiger charge is -2.05. The van der Waals surface area contributed by atoms with E-state index in [0.717, 1.165) is 10.9 Å². The maximum absolute atomic E-state index is 6.04. The number of thioether (sulfide) groups is 1. The van der Waals surface area contributed by atoms with Gasteiger partial charge in [0.1, 0.15) is 0 Å². The molecule has 0 aliphatic rings. The third kappa shape index (κ3) is 4.39. The van der Waals surface area contributed by atoms with Crippen LogP contribution in [-0.4, -0.2) is 5.75 Å². The number of halogens is 1. The minimum atomic E-state index is 0.807. The maximum Gasteiger partial charge on any atom is 0.0541 e. The molecule has 0 unspecified atom stereocenters. The van der Waals surface area contributed by atoms with Gasteiger partial charge in [-0.05, 0) is 30.2 Å². The van der Waals surface area contributed by atoms with Crippen molar-refractivity contribution in [3.05, 3.63) is 29.3 Å². The highest BCUT2D eigenvalue weighted by molar-refractivity contribution is 7.99. The molecule has 0 bridgehead atoms. The van der Waals surface area contributed by atoms with E-state index < -0.39 is 0 Å². The van der Waals surface area contributed by atoms with Gasteiger partial charge in [-0.25, -0.2) is 0 Å². The minimum Gasteiger partial charge on any atom is -0.125 e. The second kappa shape index (κ2) is 6.36. The predicted octanol–water partition coefficient (Wildman–Crippen LogP) is 4.87. The first kappa shape index (κ1) is 11.9. The number of hydrogen-bond donors (Lipinski definition) is 0. The first-order valence-electron chi connectivity index (χ1n) is 5.07. The fourth-order valence-electron chi connectivity index (χ4n) is 1.24. The Morgan fingerprint density at radius 3 is 2.64 bits per heavy atom. The van der Waals surface area contributed by atoms with Crippen molar-refractivity contribution in [3.8, 4) is 0 Å². The molecule has 0 saturated carbocycles. The molecular weight excluding hydrogens is 212 g/mol. The lowest BCUT2D eigenvalue weighted by Crippen LogP contribution is -1.88. The quantitative estimate of drug-likeness (QED) is 0.512. The largest absolute Gasteiger partial charge is 0.125 e. The van der Waals surface area contributed by atoms with Gasteiger partial charge >= 0.3 is 0 Å². The molecule has 2 heteroatoms. The Kier molecular flexibility index (Phi) is 5.42. The second-order valence-electron chi connectivity index (χ2n) is 3.81. The maximum atomic E-state index is 6.04. The molecule has 0 aromatic heterocycles. The molecule has 1 aromatic rings. The summed E-state index contributed by atoms with van der Waals surface area (Å²) in [5.41, 5.74) is 0. The summed E-state index contributed by atoms with van der Waals surface area (Å²) in [7, 11) is 0. The highest BCUT2D eigenvalue weighted by Gasteiger charge is 1.99. The zero-order valence-corrected chi connectivity index (χ0v) is 10.4. The van der Waals surface area contributed by atoms with E-state index in [1.807, 2.05) is 30.0 Å². The monoisotopic (exact) mass is 228 g/mol. The third-order valence-electron chi connectivity index (χ3n) is 2.02. The van der Waals surface area contributed by atoms with Crippen LogP contribution in [0.15, 0.2) is 29.2 Å². The molecule has 0 aliphatic carbocycles. The Morgan fingerprint density at radius 2 is 2.00 bits per heavy atom. The van der Waals surface area contributed by atoms with Crippen molar-refractivity contribution in [2.45, 2.75) is 31.6 Å². The van der Waals surface area contributed by atoms with Crippen molar-refractivity contribution in [3.63, 3.8) is 0 Å². The number of rotatable bonds is 5. The number of benzene rings is 1. The van der Waals surface area contributed by atoms with Crippen LogP contribution in [0, 0.1) is 5.92 Å². The molecule has 14 heavy (non-hydrogen) atoms. The van der Waals surface area contributed by atoms with E-state index >= 15 is 0 Å². The lowest BCUT2D eigenvalue weighted by molar-refractivity contribution is 0.579. The van der Waals surface area contributed by atoms with Gasteiger partial charge in [0.2, 0.25) is 0 Å². The van der Waals surface area contributed by atoms with Crippen LogP contribution in [0.5, 0.6) is 0 Å². The summed E-state index contributed by atoms with van der Waals surface area (Å²) >= 11 is 7.90. The van der Waals surface area contributed by atoms with Crippen LogP contribution in [0.2, 0.25) is 5.02 Å². The summed E-state index contributed by atoms with van der Waals surface area (Å²) in [5.74, 6) is 1.98. The van der Waals surface area contributed by atoms with Gasteiger partial charge in [-0.1, -0.05) is 44.0 Å². The molecule has 0 heterocycles. The Balaban J connectivity index is 2.28. The van der Waals surface area contributed by atoms with Crippen molar-refractivity contribution in [2.24, 2.45) is 5.92 Å². The smallest absolute Gasteiger partial charge is 0.0541 e. The molecule has 0 aliphatic heterocycles. The van der Waals surface area contributed by atoms with Crippen molar-refractivity contribution in [1.82, 2.24) is 0 Å². The third-order valence-corrected chi connectivity index (χ3v) is 3.62. The van der Waals surface area contributed by atoms with Gasteiger partial charge in [-0.2, -0.15) is 0 Å². The van der Waals surface area contributed by atoms with Gasteiger partial charge in [0.15, 0.2) is 0 Å². The molecule has 0 saturated heterocycles. The Bertz CT molecular complexity index is 271. The zero-order chi connectivity index (χ0) is 10.4. The predicted molar refractivity (Wildman–Crippen MR) is 66.2 cm³/mol. The highest BCUT2D eigenvalue weighted by atomic mass is 35.5. The van der Waals surface area contributed by atoms with Gasteiger partial charge in [0.25, 0.3) is 0 Å². The van der Waals surface area contributed by atoms with Gasteiger partial charge in [0.05, 0.1) is 5.02 Å². The highest BCUT2D eigenvalue weighted by Crippen LogP contribution is 2.27. The molecule has 1 aromatic carbocycles. The molecule has 0 amide bonds.